The third kappa shape index (κ3) is 3.79. The minimum absolute atomic E-state index is 0.0804. The lowest BCUT2D eigenvalue weighted by Gasteiger charge is -2.41. The Labute approximate surface area is 183 Å². The summed E-state index contributed by atoms with van der Waals surface area (Å²) in [6.45, 7) is 12.2. The molecule has 1 N–H and O–H groups in total. The van der Waals surface area contributed by atoms with Gasteiger partial charge in [0.05, 0.1) is 24.9 Å². The van der Waals surface area contributed by atoms with Gasteiger partial charge < -0.3 is 9.72 Å². The smallest absolute Gasteiger partial charge is 0.128 e. The number of halogens is 1. The number of aromatic amines is 1. The second-order valence-corrected chi connectivity index (χ2v) is 9.63. The molecule has 2 aliphatic rings. The summed E-state index contributed by atoms with van der Waals surface area (Å²) < 4.78 is 20.6. The molecular weight excluding hydrogens is 389 g/mol. The maximum Gasteiger partial charge on any atom is 0.128 e. The fourth-order valence-electron chi connectivity index (χ4n) is 5.38. The number of pyridine rings is 1. The molecule has 164 valence electrons. The van der Waals surface area contributed by atoms with Gasteiger partial charge in [0, 0.05) is 27.9 Å². The SMILES string of the molecule is Cc1cc(-c2[nH]c3cc(F)c(C4CCN(C5COC5)CC4)cc3c2C(C)C)cc(C)n1. The topological polar surface area (TPSA) is 41.2 Å². The molecular formula is C26H32FN3O. The first-order chi connectivity index (χ1) is 14.9. The van der Waals surface area contributed by atoms with Crippen LogP contribution in [0.3, 0.4) is 0 Å². The number of likely N-dealkylation sites (tertiary alicyclic amines) is 1. The van der Waals surface area contributed by atoms with E-state index >= 15 is 4.39 Å². The quantitative estimate of drug-likeness (QED) is 0.589. The number of benzene rings is 1. The molecule has 2 aliphatic heterocycles. The number of nitrogens with one attached hydrogen (secondary N) is 1. The molecule has 3 aromatic rings. The lowest BCUT2D eigenvalue weighted by atomic mass is 9.86. The lowest BCUT2D eigenvalue weighted by Crippen LogP contribution is -2.51. The van der Waals surface area contributed by atoms with E-state index in [9.17, 15) is 0 Å². The first-order valence-electron chi connectivity index (χ1n) is 11.5. The number of hydrogen-bond acceptors (Lipinski definition) is 3. The zero-order valence-corrected chi connectivity index (χ0v) is 19.0. The molecule has 5 rings (SSSR count). The third-order valence-corrected chi connectivity index (χ3v) is 7.01. The van der Waals surface area contributed by atoms with E-state index in [1.165, 1.54) is 5.56 Å². The Morgan fingerprint density at radius 2 is 1.74 bits per heavy atom. The predicted octanol–water partition coefficient (Wildman–Crippen LogP) is 5.69. The van der Waals surface area contributed by atoms with Crippen molar-refractivity contribution in [2.75, 3.05) is 26.3 Å². The summed E-state index contributed by atoms with van der Waals surface area (Å²) >= 11 is 0. The number of piperidine rings is 1. The van der Waals surface area contributed by atoms with Gasteiger partial charge in [-0.3, -0.25) is 9.88 Å². The van der Waals surface area contributed by atoms with Gasteiger partial charge in [-0.25, -0.2) is 4.39 Å². The zero-order valence-electron chi connectivity index (χ0n) is 19.0. The summed E-state index contributed by atoms with van der Waals surface area (Å²) in [6.07, 6.45) is 2.02. The van der Waals surface area contributed by atoms with Gasteiger partial charge in [0.1, 0.15) is 5.82 Å². The Morgan fingerprint density at radius 1 is 1.06 bits per heavy atom. The highest BCUT2D eigenvalue weighted by molar-refractivity contribution is 5.92. The number of rotatable bonds is 4. The summed E-state index contributed by atoms with van der Waals surface area (Å²) in [5.74, 6) is 0.532. The van der Waals surface area contributed by atoms with Crippen molar-refractivity contribution in [2.24, 2.45) is 0 Å². The van der Waals surface area contributed by atoms with Crippen LogP contribution < -0.4 is 0 Å². The summed E-state index contributed by atoms with van der Waals surface area (Å²) in [4.78, 5) is 10.6. The van der Waals surface area contributed by atoms with Crippen molar-refractivity contribution in [3.63, 3.8) is 0 Å². The Morgan fingerprint density at radius 3 is 2.32 bits per heavy atom. The monoisotopic (exact) mass is 421 g/mol. The first kappa shape index (κ1) is 20.7. The summed E-state index contributed by atoms with van der Waals surface area (Å²) in [5.41, 5.74) is 7.25. The number of nitrogens with zero attached hydrogens (tertiary/aromatic N) is 2. The molecule has 2 fully saturated rings. The van der Waals surface area contributed by atoms with Crippen molar-refractivity contribution < 1.29 is 9.13 Å². The van der Waals surface area contributed by atoms with Crippen LogP contribution >= 0.6 is 0 Å². The van der Waals surface area contributed by atoms with Gasteiger partial charge in [-0.2, -0.15) is 0 Å². The molecule has 31 heavy (non-hydrogen) atoms. The van der Waals surface area contributed by atoms with Crippen LogP contribution in [0, 0.1) is 19.7 Å². The van der Waals surface area contributed by atoms with E-state index in [1.807, 2.05) is 13.8 Å². The summed E-state index contributed by atoms with van der Waals surface area (Å²) in [5, 5.41) is 1.16. The molecule has 0 unspecified atom stereocenters. The van der Waals surface area contributed by atoms with Crippen LogP contribution in [0.2, 0.25) is 0 Å². The highest BCUT2D eigenvalue weighted by Gasteiger charge is 2.31. The van der Waals surface area contributed by atoms with Crippen molar-refractivity contribution in [3.8, 4) is 11.3 Å². The number of fused-ring (bicyclic) bond motifs is 1. The molecule has 2 aromatic heterocycles. The van der Waals surface area contributed by atoms with Crippen LogP contribution in [-0.2, 0) is 4.74 Å². The molecule has 4 nitrogen and oxygen atoms in total. The normalized spacial score (nSPS) is 18.8. The molecule has 0 saturated carbocycles. The van der Waals surface area contributed by atoms with Crippen molar-refractivity contribution in [1.29, 1.82) is 0 Å². The standard InChI is InChI=1S/C26H32FN3O/c1-15(2)25-22-11-21(18-5-7-30(8-6-18)20-13-31-14-20)23(27)12-24(22)29-26(25)19-9-16(3)28-17(4)10-19/h9-12,15,18,20,29H,5-8,13-14H2,1-4H3. The zero-order chi connectivity index (χ0) is 21.7. The van der Waals surface area contributed by atoms with Gasteiger partial charge in [0.25, 0.3) is 0 Å². The molecule has 0 bridgehead atoms. The van der Waals surface area contributed by atoms with Crippen LogP contribution in [-0.4, -0.2) is 47.2 Å². The average molecular weight is 422 g/mol. The van der Waals surface area contributed by atoms with E-state index in [1.54, 1.807) is 6.07 Å². The van der Waals surface area contributed by atoms with Gasteiger partial charge in [-0.1, -0.05) is 13.8 Å². The van der Waals surface area contributed by atoms with E-state index < -0.39 is 0 Å². The van der Waals surface area contributed by atoms with E-state index in [0.29, 0.717) is 12.0 Å². The van der Waals surface area contributed by atoms with Crippen LogP contribution in [0.5, 0.6) is 0 Å². The van der Waals surface area contributed by atoms with Crippen LogP contribution in [0.4, 0.5) is 4.39 Å². The van der Waals surface area contributed by atoms with Gasteiger partial charge in [0.15, 0.2) is 0 Å². The summed E-state index contributed by atoms with van der Waals surface area (Å²) in [6, 6.07) is 8.64. The van der Waals surface area contributed by atoms with Crippen LogP contribution in [0.1, 0.15) is 61.0 Å². The molecule has 0 amide bonds. The second-order valence-electron chi connectivity index (χ2n) is 9.63. The fraction of sp³-hybridized carbons (Fsp3) is 0.500. The van der Waals surface area contributed by atoms with Gasteiger partial charge in [0.2, 0.25) is 0 Å². The van der Waals surface area contributed by atoms with Crippen LogP contribution in [0.25, 0.3) is 22.2 Å². The largest absolute Gasteiger partial charge is 0.378 e. The molecule has 0 aliphatic carbocycles. The molecule has 4 heterocycles. The maximum atomic E-state index is 15.2. The molecule has 0 atom stereocenters. The maximum absolute atomic E-state index is 15.2. The van der Waals surface area contributed by atoms with Crippen molar-refractivity contribution >= 4 is 10.9 Å². The Bertz CT molecular complexity index is 1090. The number of ether oxygens (including phenoxy) is 1. The lowest BCUT2D eigenvalue weighted by molar-refractivity contribution is -0.0713. The van der Waals surface area contributed by atoms with Crippen molar-refractivity contribution in [3.05, 3.63) is 52.6 Å². The number of hydrogen-bond donors (Lipinski definition) is 1. The molecule has 2 saturated heterocycles. The molecule has 5 heteroatoms. The average Bonchev–Trinajstić information content (AvgIpc) is 3.04. The highest BCUT2D eigenvalue weighted by Crippen LogP contribution is 2.39. The Kier molecular flexibility index (Phi) is 5.35. The van der Waals surface area contributed by atoms with Gasteiger partial charge in [-0.15, -0.1) is 0 Å². The molecule has 1 aromatic carbocycles. The predicted molar refractivity (Wildman–Crippen MR) is 123 cm³/mol. The Hall–Kier alpha value is -2.24. The van der Waals surface area contributed by atoms with E-state index in [0.717, 1.165) is 78.3 Å². The van der Waals surface area contributed by atoms with Crippen molar-refractivity contribution in [1.82, 2.24) is 14.9 Å². The fourth-order valence-corrected chi connectivity index (χ4v) is 5.38. The number of aryl methyl sites for hydroxylation is 2. The van der Waals surface area contributed by atoms with E-state index in [4.69, 9.17) is 4.74 Å². The Balaban J connectivity index is 1.53. The number of H-pyrrole nitrogens is 1. The minimum atomic E-state index is -0.0804. The minimum Gasteiger partial charge on any atom is -0.378 e. The van der Waals surface area contributed by atoms with E-state index in [-0.39, 0.29) is 11.7 Å². The second kappa shape index (κ2) is 8.03. The third-order valence-electron chi connectivity index (χ3n) is 7.01. The number of aromatic nitrogens is 2. The van der Waals surface area contributed by atoms with E-state index in [2.05, 4.69) is 46.9 Å². The van der Waals surface area contributed by atoms with Crippen molar-refractivity contribution in [2.45, 2.75) is 58.4 Å². The highest BCUT2D eigenvalue weighted by atomic mass is 19.1. The van der Waals surface area contributed by atoms with Gasteiger partial charge in [-0.05, 0) is 87.0 Å². The first-order valence-corrected chi connectivity index (χ1v) is 11.5. The van der Waals surface area contributed by atoms with Gasteiger partial charge >= 0.3 is 0 Å². The summed E-state index contributed by atoms with van der Waals surface area (Å²) in [7, 11) is 0. The molecule has 0 radical (unpaired) electrons. The van der Waals surface area contributed by atoms with Crippen LogP contribution in [0.15, 0.2) is 24.3 Å². The molecule has 0 spiro atoms.